The molecule has 5 aromatic rings. The molecule has 27 heavy (non-hydrogen) atoms. The SMILES string of the molecule is OC1(c2cccc3c2oc2ccccc23)c2ccccc2-c2ccccc21. The minimum absolute atomic E-state index is 0.743. The number of hydrogen-bond donors (Lipinski definition) is 1. The van der Waals surface area contributed by atoms with Crippen molar-refractivity contribution in [2.45, 2.75) is 5.60 Å². The van der Waals surface area contributed by atoms with Crippen LogP contribution in [0.25, 0.3) is 33.1 Å². The summed E-state index contributed by atoms with van der Waals surface area (Å²) in [5, 5.41) is 14.2. The summed E-state index contributed by atoms with van der Waals surface area (Å²) in [7, 11) is 0. The van der Waals surface area contributed by atoms with Gasteiger partial charge in [-0.05, 0) is 17.2 Å². The van der Waals surface area contributed by atoms with E-state index in [4.69, 9.17) is 4.42 Å². The molecule has 1 aromatic heterocycles. The molecule has 0 aliphatic heterocycles. The Labute approximate surface area is 156 Å². The van der Waals surface area contributed by atoms with Crippen LogP contribution in [0.5, 0.6) is 0 Å². The molecule has 0 unspecified atom stereocenters. The summed E-state index contributed by atoms with van der Waals surface area (Å²) in [6.07, 6.45) is 0. The van der Waals surface area contributed by atoms with Crippen molar-refractivity contribution in [3.8, 4) is 11.1 Å². The summed E-state index contributed by atoms with van der Waals surface area (Å²) in [6, 6.07) is 30.2. The molecule has 1 N–H and O–H groups in total. The van der Waals surface area contributed by atoms with Gasteiger partial charge >= 0.3 is 0 Å². The summed E-state index contributed by atoms with van der Waals surface area (Å²) >= 11 is 0. The van der Waals surface area contributed by atoms with Crippen molar-refractivity contribution in [3.05, 3.63) is 108 Å². The van der Waals surface area contributed by atoms with Gasteiger partial charge in [0, 0.05) is 27.5 Å². The lowest BCUT2D eigenvalue weighted by Crippen LogP contribution is -2.26. The minimum atomic E-state index is -1.24. The summed E-state index contributed by atoms with van der Waals surface area (Å²) < 4.78 is 6.23. The highest BCUT2D eigenvalue weighted by molar-refractivity contribution is 6.06. The molecule has 0 radical (unpaired) electrons. The molecule has 128 valence electrons. The first kappa shape index (κ1) is 14.8. The maximum absolute atomic E-state index is 12.1. The average Bonchev–Trinajstić information content (AvgIpc) is 3.23. The first-order valence-electron chi connectivity index (χ1n) is 9.11. The predicted molar refractivity (Wildman–Crippen MR) is 108 cm³/mol. The van der Waals surface area contributed by atoms with Gasteiger partial charge in [0.2, 0.25) is 0 Å². The third-order valence-corrected chi connectivity index (χ3v) is 5.72. The molecule has 0 amide bonds. The highest BCUT2D eigenvalue weighted by Crippen LogP contribution is 2.52. The third-order valence-electron chi connectivity index (χ3n) is 5.72. The van der Waals surface area contributed by atoms with Gasteiger partial charge in [-0.15, -0.1) is 0 Å². The number of rotatable bonds is 1. The van der Waals surface area contributed by atoms with E-state index in [9.17, 15) is 5.11 Å². The molecule has 4 aromatic carbocycles. The van der Waals surface area contributed by atoms with Crippen molar-refractivity contribution in [1.29, 1.82) is 0 Å². The van der Waals surface area contributed by atoms with Crippen LogP contribution in [0.1, 0.15) is 16.7 Å². The van der Waals surface area contributed by atoms with Gasteiger partial charge in [0.15, 0.2) is 0 Å². The molecule has 0 bridgehead atoms. The quantitative estimate of drug-likeness (QED) is 0.412. The molecule has 6 rings (SSSR count). The van der Waals surface area contributed by atoms with Gasteiger partial charge in [-0.1, -0.05) is 84.9 Å². The normalized spacial score (nSPS) is 14.4. The number of aliphatic hydroxyl groups is 1. The van der Waals surface area contributed by atoms with Crippen LogP contribution in [0, 0.1) is 0 Å². The summed E-state index contributed by atoms with van der Waals surface area (Å²) in [5.41, 5.74) is 5.08. The largest absolute Gasteiger partial charge is 0.456 e. The molecular weight excluding hydrogens is 332 g/mol. The van der Waals surface area contributed by atoms with Gasteiger partial charge in [-0.3, -0.25) is 0 Å². The van der Waals surface area contributed by atoms with E-state index < -0.39 is 5.60 Å². The van der Waals surface area contributed by atoms with E-state index >= 15 is 0 Å². The second-order valence-electron chi connectivity index (χ2n) is 7.08. The van der Waals surface area contributed by atoms with Crippen LogP contribution >= 0.6 is 0 Å². The van der Waals surface area contributed by atoms with E-state index in [0.29, 0.717) is 0 Å². The Bertz CT molecular complexity index is 1300. The van der Waals surface area contributed by atoms with E-state index in [0.717, 1.165) is 49.8 Å². The average molecular weight is 348 g/mol. The number of fused-ring (bicyclic) bond motifs is 6. The predicted octanol–water partition coefficient (Wildman–Crippen LogP) is 5.85. The fourth-order valence-electron chi connectivity index (χ4n) is 4.53. The van der Waals surface area contributed by atoms with Gasteiger partial charge in [0.05, 0.1) is 0 Å². The zero-order valence-corrected chi connectivity index (χ0v) is 14.5. The highest BCUT2D eigenvalue weighted by Gasteiger charge is 2.44. The maximum Gasteiger partial charge on any atom is 0.145 e. The van der Waals surface area contributed by atoms with E-state index in [2.05, 4.69) is 24.3 Å². The Morgan fingerprint density at radius 2 is 1.11 bits per heavy atom. The van der Waals surface area contributed by atoms with E-state index in [1.807, 2.05) is 66.7 Å². The lowest BCUT2D eigenvalue weighted by molar-refractivity contribution is 0.131. The minimum Gasteiger partial charge on any atom is -0.456 e. The number of para-hydroxylation sites is 2. The molecule has 1 aliphatic rings. The summed E-state index contributed by atoms with van der Waals surface area (Å²) in [4.78, 5) is 0. The second kappa shape index (κ2) is 5.09. The van der Waals surface area contributed by atoms with E-state index in [1.165, 1.54) is 0 Å². The van der Waals surface area contributed by atoms with Gasteiger partial charge < -0.3 is 9.52 Å². The summed E-state index contributed by atoms with van der Waals surface area (Å²) in [6.45, 7) is 0. The van der Waals surface area contributed by atoms with Crippen molar-refractivity contribution < 1.29 is 9.52 Å². The molecule has 1 heterocycles. The zero-order chi connectivity index (χ0) is 18.0. The van der Waals surface area contributed by atoms with Crippen LogP contribution in [0.2, 0.25) is 0 Å². The van der Waals surface area contributed by atoms with Gasteiger partial charge in [-0.2, -0.15) is 0 Å². The maximum atomic E-state index is 12.1. The van der Waals surface area contributed by atoms with Crippen LogP contribution in [0.4, 0.5) is 0 Å². The molecule has 0 saturated carbocycles. The van der Waals surface area contributed by atoms with Crippen LogP contribution in [-0.2, 0) is 5.60 Å². The lowest BCUT2D eigenvalue weighted by atomic mass is 9.83. The highest BCUT2D eigenvalue weighted by atomic mass is 16.3. The van der Waals surface area contributed by atoms with Crippen molar-refractivity contribution in [1.82, 2.24) is 0 Å². The van der Waals surface area contributed by atoms with Gasteiger partial charge in [0.1, 0.15) is 16.8 Å². The Morgan fingerprint density at radius 3 is 1.85 bits per heavy atom. The molecule has 0 spiro atoms. The smallest absolute Gasteiger partial charge is 0.145 e. The molecule has 1 aliphatic carbocycles. The zero-order valence-electron chi connectivity index (χ0n) is 14.5. The Balaban J connectivity index is 1.77. The molecular formula is C25H16O2. The van der Waals surface area contributed by atoms with Crippen molar-refractivity contribution >= 4 is 21.9 Å². The van der Waals surface area contributed by atoms with E-state index in [-0.39, 0.29) is 0 Å². The first-order valence-corrected chi connectivity index (χ1v) is 9.11. The second-order valence-corrected chi connectivity index (χ2v) is 7.08. The Morgan fingerprint density at radius 1 is 0.556 bits per heavy atom. The molecule has 0 saturated heterocycles. The molecule has 2 heteroatoms. The van der Waals surface area contributed by atoms with Crippen LogP contribution in [0.3, 0.4) is 0 Å². The van der Waals surface area contributed by atoms with Crippen molar-refractivity contribution in [3.63, 3.8) is 0 Å². The van der Waals surface area contributed by atoms with Crippen LogP contribution in [-0.4, -0.2) is 5.11 Å². The number of furan rings is 1. The Hall–Kier alpha value is -3.36. The van der Waals surface area contributed by atoms with E-state index in [1.54, 1.807) is 0 Å². The fourth-order valence-corrected chi connectivity index (χ4v) is 4.53. The first-order chi connectivity index (χ1) is 13.3. The Kier molecular flexibility index (Phi) is 2.78. The van der Waals surface area contributed by atoms with Crippen molar-refractivity contribution in [2.75, 3.05) is 0 Å². The van der Waals surface area contributed by atoms with Gasteiger partial charge in [0.25, 0.3) is 0 Å². The molecule has 0 atom stereocenters. The number of benzene rings is 4. The molecule has 2 nitrogen and oxygen atoms in total. The standard InChI is InChI=1S/C25H16O2/c26-25(20-12-4-1-8-16(20)17-9-2-5-13-21(17)25)22-14-7-11-19-18-10-3-6-15-23(18)27-24(19)22/h1-15,26H. The van der Waals surface area contributed by atoms with Gasteiger partial charge in [-0.25, -0.2) is 0 Å². The van der Waals surface area contributed by atoms with Crippen LogP contribution in [0.15, 0.2) is 95.4 Å². The van der Waals surface area contributed by atoms with Crippen molar-refractivity contribution in [2.24, 2.45) is 0 Å². The third kappa shape index (κ3) is 1.78. The molecule has 0 fully saturated rings. The summed E-state index contributed by atoms with van der Waals surface area (Å²) in [5.74, 6) is 0. The monoisotopic (exact) mass is 348 g/mol. The fraction of sp³-hybridized carbons (Fsp3) is 0.0400. The number of hydrogen-bond acceptors (Lipinski definition) is 2. The lowest BCUT2D eigenvalue weighted by Gasteiger charge is -2.26. The van der Waals surface area contributed by atoms with Crippen LogP contribution < -0.4 is 0 Å². The topological polar surface area (TPSA) is 33.4 Å².